The zero-order valence-electron chi connectivity index (χ0n) is 12.9. The van der Waals surface area contributed by atoms with E-state index in [2.05, 4.69) is 11.1 Å². The van der Waals surface area contributed by atoms with Crippen LogP contribution in [0.4, 0.5) is 10.8 Å². The third-order valence-corrected chi connectivity index (χ3v) is 6.59. The van der Waals surface area contributed by atoms with Crippen molar-refractivity contribution in [1.29, 1.82) is 0 Å². The van der Waals surface area contributed by atoms with Crippen molar-refractivity contribution in [1.82, 2.24) is 4.98 Å². The Balaban J connectivity index is 1.96. The molecular weight excluding hydrogens is 318 g/mol. The van der Waals surface area contributed by atoms with Gasteiger partial charge in [-0.15, -0.1) is 11.3 Å². The van der Waals surface area contributed by atoms with Gasteiger partial charge in [0.15, 0.2) is 5.13 Å². The highest BCUT2D eigenvalue weighted by molar-refractivity contribution is 7.92. The van der Waals surface area contributed by atoms with E-state index in [1.807, 2.05) is 36.5 Å². The first-order valence-electron chi connectivity index (χ1n) is 7.19. The minimum atomic E-state index is -3.18. The molecule has 0 spiro atoms. The molecule has 1 aromatic heterocycles. The van der Waals surface area contributed by atoms with E-state index in [0.29, 0.717) is 6.54 Å². The molecule has 1 aromatic carbocycles. The van der Waals surface area contributed by atoms with E-state index >= 15 is 0 Å². The van der Waals surface area contributed by atoms with E-state index in [-0.39, 0.29) is 5.75 Å². The number of thiazole rings is 1. The third-order valence-electron chi connectivity index (χ3n) is 3.80. The van der Waals surface area contributed by atoms with Crippen LogP contribution in [0.3, 0.4) is 0 Å². The van der Waals surface area contributed by atoms with Crippen LogP contribution in [-0.2, 0) is 16.4 Å². The molecule has 22 heavy (non-hydrogen) atoms. The fourth-order valence-electron chi connectivity index (χ4n) is 2.58. The van der Waals surface area contributed by atoms with Crippen molar-refractivity contribution in [3.05, 3.63) is 29.1 Å². The lowest BCUT2D eigenvalue weighted by Gasteiger charge is -2.18. The van der Waals surface area contributed by atoms with Gasteiger partial charge in [0, 0.05) is 31.6 Å². The van der Waals surface area contributed by atoms with Crippen molar-refractivity contribution in [3.8, 4) is 11.3 Å². The number of benzene rings is 1. The standard InChI is InChI=1S/C15H19N3O2S2/c1-4-22(19,20)18-8-7-12-9-11(5-6-14(12)18)13-10-21-15(16-13)17(2)3/h5-6,9-10H,4,7-8H2,1-3H3. The maximum atomic E-state index is 12.1. The molecular formula is C15H19N3O2S2. The molecule has 118 valence electrons. The average molecular weight is 337 g/mol. The number of fused-ring (bicyclic) bond motifs is 1. The molecule has 1 aliphatic rings. The second-order valence-corrected chi connectivity index (χ2v) is 8.49. The van der Waals surface area contributed by atoms with Gasteiger partial charge in [-0.1, -0.05) is 6.07 Å². The molecule has 0 radical (unpaired) electrons. The summed E-state index contributed by atoms with van der Waals surface area (Å²) in [6.45, 7) is 2.22. The summed E-state index contributed by atoms with van der Waals surface area (Å²) in [5, 5.41) is 3.00. The Morgan fingerprint density at radius 3 is 2.77 bits per heavy atom. The third kappa shape index (κ3) is 2.59. The smallest absolute Gasteiger partial charge is 0.234 e. The van der Waals surface area contributed by atoms with E-state index in [4.69, 9.17) is 0 Å². The molecule has 1 aliphatic heterocycles. The van der Waals surface area contributed by atoms with Crippen LogP contribution in [0.25, 0.3) is 11.3 Å². The summed E-state index contributed by atoms with van der Waals surface area (Å²) in [5.41, 5.74) is 3.87. The van der Waals surface area contributed by atoms with E-state index < -0.39 is 10.0 Å². The summed E-state index contributed by atoms with van der Waals surface area (Å²) in [6, 6.07) is 5.92. The van der Waals surface area contributed by atoms with Gasteiger partial charge >= 0.3 is 0 Å². The van der Waals surface area contributed by atoms with Crippen LogP contribution in [0.15, 0.2) is 23.6 Å². The van der Waals surface area contributed by atoms with Crippen LogP contribution in [0, 0.1) is 0 Å². The van der Waals surface area contributed by atoms with Crippen LogP contribution < -0.4 is 9.21 Å². The Kier molecular flexibility index (Phi) is 3.86. The first-order chi connectivity index (χ1) is 10.4. The van der Waals surface area contributed by atoms with Gasteiger partial charge in [0.25, 0.3) is 0 Å². The maximum Gasteiger partial charge on any atom is 0.234 e. The predicted molar refractivity (Wildman–Crippen MR) is 92.4 cm³/mol. The molecule has 3 rings (SSSR count). The molecule has 2 heterocycles. The van der Waals surface area contributed by atoms with Crippen molar-refractivity contribution in [3.63, 3.8) is 0 Å². The van der Waals surface area contributed by atoms with Crippen LogP contribution >= 0.6 is 11.3 Å². The van der Waals surface area contributed by atoms with Crippen molar-refractivity contribution in [2.24, 2.45) is 0 Å². The van der Waals surface area contributed by atoms with Crippen molar-refractivity contribution >= 4 is 32.2 Å². The molecule has 0 amide bonds. The number of anilines is 2. The van der Waals surface area contributed by atoms with Gasteiger partial charge in [-0.2, -0.15) is 0 Å². The first kappa shape index (κ1) is 15.3. The van der Waals surface area contributed by atoms with Gasteiger partial charge < -0.3 is 4.90 Å². The monoisotopic (exact) mass is 337 g/mol. The molecule has 0 unspecified atom stereocenters. The lowest BCUT2D eigenvalue weighted by Crippen LogP contribution is -2.30. The maximum absolute atomic E-state index is 12.1. The zero-order chi connectivity index (χ0) is 15.9. The van der Waals surface area contributed by atoms with Crippen LogP contribution in [0.1, 0.15) is 12.5 Å². The number of aromatic nitrogens is 1. The Labute approximate surface area is 135 Å². The van der Waals surface area contributed by atoms with Gasteiger partial charge in [0.2, 0.25) is 10.0 Å². The van der Waals surface area contributed by atoms with E-state index in [1.54, 1.807) is 18.3 Å². The van der Waals surface area contributed by atoms with Gasteiger partial charge in [0.05, 0.1) is 17.1 Å². The number of hydrogen-bond donors (Lipinski definition) is 0. The van der Waals surface area contributed by atoms with Crippen molar-refractivity contribution < 1.29 is 8.42 Å². The quantitative estimate of drug-likeness (QED) is 0.860. The molecule has 0 saturated heterocycles. The van der Waals surface area contributed by atoms with E-state index in [9.17, 15) is 8.42 Å². The Morgan fingerprint density at radius 2 is 2.14 bits per heavy atom. The van der Waals surface area contributed by atoms with Gasteiger partial charge in [-0.25, -0.2) is 13.4 Å². The van der Waals surface area contributed by atoms with E-state index in [1.165, 1.54) is 4.31 Å². The molecule has 0 saturated carbocycles. The molecule has 5 nitrogen and oxygen atoms in total. The lowest BCUT2D eigenvalue weighted by atomic mass is 10.1. The number of nitrogens with zero attached hydrogens (tertiary/aromatic N) is 3. The number of rotatable bonds is 4. The molecule has 0 aliphatic carbocycles. The Hall–Kier alpha value is -1.60. The Morgan fingerprint density at radius 1 is 1.36 bits per heavy atom. The normalized spacial score (nSPS) is 14.2. The second kappa shape index (κ2) is 5.55. The van der Waals surface area contributed by atoms with Gasteiger partial charge in [-0.05, 0) is 31.0 Å². The van der Waals surface area contributed by atoms with Crippen LogP contribution in [-0.4, -0.2) is 39.8 Å². The molecule has 0 bridgehead atoms. The highest BCUT2D eigenvalue weighted by Crippen LogP contribution is 2.35. The fourth-order valence-corrected chi connectivity index (χ4v) is 4.50. The fraction of sp³-hybridized carbons (Fsp3) is 0.400. The summed E-state index contributed by atoms with van der Waals surface area (Å²) in [4.78, 5) is 6.59. The highest BCUT2D eigenvalue weighted by atomic mass is 32.2. The van der Waals surface area contributed by atoms with Crippen LogP contribution in [0.2, 0.25) is 0 Å². The number of sulfonamides is 1. The molecule has 7 heteroatoms. The average Bonchev–Trinajstić information content (AvgIpc) is 3.13. The molecule has 0 fully saturated rings. The first-order valence-corrected chi connectivity index (χ1v) is 9.68. The SMILES string of the molecule is CCS(=O)(=O)N1CCc2cc(-c3csc(N(C)C)n3)ccc21. The van der Waals surface area contributed by atoms with Crippen molar-refractivity contribution in [2.75, 3.05) is 35.6 Å². The molecule has 0 N–H and O–H groups in total. The minimum absolute atomic E-state index is 0.131. The Bertz CT molecular complexity index is 797. The van der Waals surface area contributed by atoms with Gasteiger partial charge in [-0.3, -0.25) is 4.31 Å². The lowest BCUT2D eigenvalue weighted by molar-refractivity contribution is 0.593. The predicted octanol–water partition coefficient (Wildman–Crippen LogP) is 2.59. The summed E-state index contributed by atoms with van der Waals surface area (Å²) >= 11 is 1.60. The largest absolute Gasteiger partial charge is 0.354 e. The topological polar surface area (TPSA) is 53.5 Å². The second-order valence-electron chi connectivity index (χ2n) is 5.48. The van der Waals surface area contributed by atoms with Gasteiger partial charge in [0.1, 0.15) is 0 Å². The van der Waals surface area contributed by atoms with E-state index in [0.717, 1.165) is 34.1 Å². The number of hydrogen-bond acceptors (Lipinski definition) is 5. The highest BCUT2D eigenvalue weighted by Gasteiger charge is 2.28. The summed E-state index contributed by atoms with van der Waals surface area (Å²) in [5.74, 6) is 0.131. The van der Waals surface area contributed by atoms with Crippen molar-refractivity contribution in [2.45, 2.75) is 13.3 Å². The molecule has 2 aromatic rings. The summed E-state index contributed by atoms with van der Waals surface area (Å²) in [6.07, 6.45) is 0.757. The van der Waals surface area contributed by atoms with Crippen LogP contribution in [0.5, 0.6) is 0 Å². The molecule has 0 atom stereocenters. The minimum Gasteiger partial charge on any atom is -0.354 e. The zero-order valence-corrected chi connectivity index (χ0v) is 14.5. The summed E-state index contributed by atoms with van der Waals surface area (Å²) < 4.78 is 25.7. The summed E-state index contributed by atoms with van der Waals surface area (Å²) in [7, 11) is 0.759.